The number of ether oxygens (including phenoxy) is 1. The molecule has 1 N–H and O–H groups in total. The van der Waals surface area contributed by atoms with Crippen molar-refractivity contribution in [1.82, 2.24) is 5.32 Å². The minimum Gasteiger partial charge on any atom is -0.491 e. The fourth-order valence-corrected chi connectivity index (χ4v) is 2.28. The first-order valence-corrected chi connectivity index (χ1v) is 7.13. The van der Waals surface area contributed by atoms with Crippen LogP contribution in [-0.2, 0) is 0 Å². The first kappa shape index (κ1) is 14.7. The Morgan fingerprint density at radius 1 is 0.950 bits per heavy atom. The minimum atomic E-state index is 0.159. The molecule has 0 saturated heterocycles. The molecular formula is C17H23NO2. The van der Waals surface area contributed by atoms with Gasteiger partial charge in [0, 0.05) is 11.6 Å². The summed E-state index contributed by atoms with van der Waals surface area (Å²) >= 11 is 0. The number of hydrogen-bond donors (Lipinski definition) is 1. The SMILES string of the molecule is CC(C)Oc1ccccc1C(C)NC(C)c1ccco1. The van der Waals surface area contributed by atoms with Crippen LogP contribution in [0.1, 0.15) is 51.1 Å². The summed E-state index contributed by atoms with van der Waals surface area (Å²) in [6, 6.07) is 12.4. The first-order valence-electron chi connectivity index (χ1n) is 7.13. The highest BCUT2D eigenvalue weighted by Crippen LogP contribution is 2.27. The van der Waals surface area contributed by atoms with Crippen molar-refractivity contribution in [2.45, 2.75) is 45.9 Å². The summed E-state index contributed by atoms with van der Waals surface area (Å²) in [5.41, 5.74) is 1.17. The van der Waals surface area contributed by atoms with Gasteiger partial charge >= 0.3 is 0 Å². The molecule has 0 saturated carbocycles. The number of para-hydroxylation sites is 1. The molecule has 2 aromatic rings. The summed E-state index contributed by atoms with van der Waals surface area (Å²) in [6.07, 6.45) is 1.87. The van der Waals surface area contributed by atoms with Crippen molar-refractivity contribution in [1.29, 1.82) is 0 Å². The van der Waals surface area contributed by atoms with Crippen molar-refractivity contribution in [2.75, 3.05) is 0 Å². The topological polar surface area (TPSA) is 34.4 Å². The minimum absolute atomic E-state index is 0.159. The van der Waals surface area contributed by atoms with Gasteiger partial charge in [-0.25, -0.2) is 0 Å². The maximum absolute atomic E-state index is 5.88. The lowest BCUT2D eigenvalue weighted by Crippen LogP contribution is -2.23. The Hall–Kier alpha value is -1.74. The van der Waals surface area contributed by atoms with Crippen LogP contribution in [0.2, 0.25) is 0 Å². The van der Waals surface area contributed by atoms with Gasteiger partial charge in [-0.05, 0) is 45.9 Å². The quantitative estimate of drug-likeness (QED) is 0.842. The van der Waals surface area contributed by atoms with E-state index in [0.29, 0.717) is 0 Å². The van der Waals surface area contributed by atoms with E-state index in [2.05, 4.69) is 25.2 Å². The highest BCUT2D eigenvalue weighted by atomic mass is 16.5. The molecule has 2 atom stereocenters. The highest BCUT2D eigenvalue weighted by molar-refractivity contribution is 5.36. The van der Waals surface area contributed by atoms with Gasteiger partial charge in [0.2, 0.25) is 0 Å². The molecular weight excluding hydrogens is 250 g/mol. The molecule has 0 amide bonds. The summed E-state index contributed by atoms with van der Waals surface area (Å²) < 4.78 is 11.3. The normalized spacial score (nSPS) is 14.2. The maximum atomic E-state index is 5.88. The van der Waals surface area contributed by atoms with Crippen LogP contribution >= 0.6 is 0 Å². The largest absolute Gasteiger partial charge is 0.491 e. The van der Waals surface area contributed by atoms with E-state index in [0.717, 1.165) is 11.5 Å². The molecule has 0 fully saturated rings. The number of rotatable bonds is 6. The van der Waals surface area contributed by atoms with E-state index in [9.17, 15) is 0 Å². The fourth-order valence-electron chi connectivity index (χ4n) is 2.28. The number of furan rings is 1. The Morgan fingerprint density at radius 3 is 2.35 bits per heavy atom. The summed E-state index contributed by atoms with van der Waals surface area (Å²) in [5.74, 6) is 1.88. The maximum Gasteiger partial charge on any atom is 0.124 e. The standard InChI is InChI=1S/C17H23NO2/c1-12(2)20-17-9-6-5-8-15(17)13(3)18-14(4)16-10-7-11-19-16/h5-14,18H,1-4H3. The van der Waals surface area contributed by atoms with Crippen LogP contribution < -0.4 is 10.1 Å². The first-order chi connectivity index (χ1) is 9.58. The molecule has 20 heavy (non-hydrogen) atoms. The van der Waals surface area contributed by atoms with Gasteiger partial charge in [-0.1, -0.05) is 18.2 Å². The molecule has 1 heterocycles. The molecule has 0 aliphatic rings. The molecule has 2 unspecified atom stereocenters. The third-order valence-corrected chi connectivity index (χ3v) is 3.22. The van der Waals surface area contributed by atoms with Crippen LogP contribution in [0.25, 0.3) is 0 Å². The monoisotopic (exact) mass is 273 g/mol. The van der Waals surface area contributed by atoms with Crippen LogP contribution in [0.15, 0.2) is 47.1 Å². The van der Waals surface area contributed by atoms with Crippen molar-refractivity contribution in [3.63, 3.8) is 0 Å². The van der Waals surface area contributed by atoms with Gasteiger partial charge in [-0.15, -0.1) is 0 Å². The summed E-state index contributed by atoms with van der Waals surface area (Å²) in [5, 5.41) is 3.54. The van der Waals surface area contributed by atoms with E-state index < -0.39 is 0 Å². The van der Waals surface area contributed by atoms with Crippen LogP contribution in [0.3, 0.4) is 0 Å². The second-order valence-corrected chi connectivity index (χ2v) is 5.33. The van der Waals surface area contributed by atoms with Gasteiger partial charge in [0.05, 0.1) is 18.4 Å². The molecule has 0 aliphatic heterocycles. The molecule has 0 bridgehead atoms. The number of hydrogen-bond acceptors (Lipinski definition) is 3. The average Bonchev–Trinajstić information content (AvgIpc) is 2.92. The molecule has 0 aliphatic carbocycles. The van der Waals surface area contributed by atoms with Crippen molar-refractivity contribution in [3.05, 3.63) is 54.0 Å². The van der Waals surface area contributed by atoms with Crippen LogP contribution in [0.5, 0.6) is 5.75 Å². The zero-order valence-corrected chi connectivity index (χ0v) is 12.6. The van der Waals surface area contributed by atoms with Gasteiger partial charge in [0.1, 0.15) is 11.5 Å². The summed E-state index contributed by atoms with van der Waals surface area (Å²) in [4.78, 5) is 0. The van der Waals surface area contributed by atoms with E-state index in [1.807, 2.05) is 44.2 Å². The predicted octanol–water partition coefficient (Wildman–Crippen LogP) is 4.48. The Morgan fingerprint density at radius 2 is 1.70 bits per heavy atom. The summed E-state index contributed by atoms with van der Waals surface area (Å²) in [6.45, 7) is 8.32. The molecule has 1 aromatic heterocycles. The van der Waals surface area contributed by atoms with Crippen LogP contribution in [-0.4, -0.2) is 6.10 Å². The van der Waals surface area contributed by atoms with Crippen molar-refractivity contribution in [3.8, 4) is 5.75 Å². The molecule has 108 valence electrons. The molecule has 3 nitrogen and oxygen atoms in total. The predicted molar refractivity (Wildman–Crippen MR) is 80.9 cm³/mol. The zero-order valence-electron chi connectivity index (χ0n) is 12.6. The number of nitrogens with one attached hydrogen (secondary N) is 1. The Kier molecular flexibility index (Phi) is 4.85. The van der Waals surface area contributed by atoms with Gasteiger partial charge < -0.3 is 14.5 Å². The van der Waals surface area contributed by atoms with Crippen LogP contribution in [0.4, 0.5) is 0 Å². The van der Waals surface area contributed by atoms with Crippen LogP contribution in [0, 0.1) is 0 Å². The lowest BCUT2D eigenvalue weighted by Gasteiger charge is -2.22. The zero-order chi connectivity index (χ0) is 14.5. The lowest BCUT2D eigenvalue weighted by atomic mass is 10.1. The smallest absolute Gasteiger partial charge is 0.124 e. The Labute approximate surface area is 121 Å². The number of benzene rings is 1. The third-order valence-electron chi connectivity index (χ3n) is 3.22. The van der Waals surface area contributed by atoms with Crippen molar-refractivity contribution < 1.29 is 9.15 Å². The highest BCUT2D eigenvalue weighted by Gasteiger charge is 2.16. The second-order valence-electron chi connectivity index (χ2n) is 5.33. The van der Waals surface area contributed by atoms with Gasteiger partial charge in [-0.3, -0.25) is 0 Å². The Balaban J connectivity index is 2.10. The third kappa shape index (κ3) is 3.64. The lowest BCUT2D eigenvalue weighted by molar-refractivity contribution is 0.237. The van der Waals surface area contributed by atoms with Crippen molar-refractivity contribution >= 4 is 0 Å². The van der Waals surface area contributed by atoms with Gasteiger partial charge in [0.25, 0.3) is 0 Å². The van der Waals surface area contributed by atoms with Gasteiger partial charge in [-0.2, -0.15) is 0 Å². The Bertz CT molecular complexity index is 520. The average molecular weight is 273 g/mol. The van der Waals surface area contributed by atoms with Crippen molar-refractivity contribution in [2.24, 2.45) is 0 Å². The van der Waals surface area contributed by atoms with E-state index >= 15 is 0 Å². The molecule has 0 radical (unpaired) electrons. The second kappa shape index (κ2) is 6.62. The molecule has 3 heteroatoms. The van der Waals surface area contributed by atoms with E-state index in [1.54, 1.807) is 6.26 Å². The fraction of sp³-hybridized carbons (Fsp3) is 0.412. The molecule has 1 aromatic carbocycles. The molecule has 0 spiro atoms. The van der Waals surface area contributed by atoms with Gasteiger partial charge in [0.15, 0.2) is 0 Å². The van der Waals surface area contributed by atoms with E-state index in [4.69, 9.17) is 9.15 Å². The summed E-state index contributed by atoms with van der Waals surface area (Å²) in [7, 11) is 0. The molecule has 2 rings (SSSR count). The van der Waals surface area contributed by atoms with E-state index in [-0.39, 0.29) is 18.2 Å². The van der Waals surface area contributed by atoms with E-state index in [1.165, 1.54) is 5.56 Å².